The van der Waals surface area contributed by atoms with Crippen molar-refractivity contribution in [3.8, 4) is 11.5 Å². The van der Waals surface area contributed by atoms with Gasteiger partial charge in [-0.3, -0.25) is 14.3 Å². The van der Waals surface area contributed by atoms with Gasteiger partial charge in [-0.1, -0.05) is 0 Å². The second-order valence-corrected chi connectivity index (χ2v) is 15.1. The van der Waals surface area contributed by atoms with Crippen LogP contribution in [0.25, 0.3) is 0 Å². The van der Waals surface area contributed by atoms with Crippen LogP contribution >= 0.6 is 0 Å². The Kier molecular flexibility index (Phi) is 10.3. The van der Waals surface area contributed by atoms with E-state index in [0.717, 1.165) is 37.8 Å². The molecule has 2 atom stereocenters. The third kappa shape index (κ3) is 7.85. The Morgan fingerprint density at radius 1 is 1.06 bits per heavy atom. The summed E-state index contributed by atoms with van der Waals surface area (Å²) in [5, 5.41) is 7.55. The lowest BCUT2D eigenvalue weighted by Crippen LogP contribution is -2.54. The van der Waals surface area contributed by atoms with E-state index in [4.69, 9.17) is 23.7 Å². The van der Waals surface area contributed by atoms with Crippen LogP contribution in [0.5, 0.6) is 11.5 Å². The molecule has 14 heteroatoms. The number of rotatable bonds is 10. The summed E-state index contributed by atoms with van der Waals surface area (Å²) in [6.07, 6.45) is 4.35. The van der Waals surface area contributed by atoms with E-state index in [0.29, 0.717) is 45.2 Å². The summed E-state index contributed by atoms with van der Waals surface area (Å²) in [6.45, 7) is 7.91. The number of methoxy groups -OCH3 is 2. The van der Waals surface area contributed by atoms with E-state index in [-0.39, 0.29) is 46.9 Å². The SMILES string of the molecule is COc1cc(OC)c(C(C(=O)NC2COC2)N(CC2CCC3(CCN(C(=O)OC(C)(C)C)CC3)CO2)C(=O)c2cc(C3CC3)n(C)n2)cc1F. The number of carbonyl (C=O) groups excluding carboxylic acids is 3. The van der Waals surface area contributed by atoms with Crippen LogP contribution in [0.1, 0.15) is 93.0 Å². The highest BCUT2D eigenvalue weighted by Crippen LogP contribution is 2.43. The molecule has 1 aromatic carbocycles. The van der Waals surface area contributed by atoms with E-state index >= 15 is 4.39 Å². The highest BCUT2D eigenvalue weighted by Gasteiger charge is 2.44. The standard InChI is InChI=1S/C36H50FN5O8/c1-35(2,3)50-34(45)41-13-11-36(12-14-41)10-9-24(49-21-36)18-42(33(44)27-16-28(22-7-8-22)40(4)39-27)31(32(43)38-23-19-48-20-23)25-15-26(37)30(47-6)17-29(25)46-5/h15-17,22-24,31H,7-14,18-21H2,1-6H3,(H,38,43). The minimum atomic E-state index is -1.28. The Balaban J connectivity index is 1.27. The van der Waals surface area contributed by atoms with E-state index in [2.05, 4.69) is 10.4 Å². The first kappa shape index (κ1) is 35.9. The van der Waals surface area contributed by atoms with Crippen LogP contribution in [0.2, 0.25) is 0 Å². The lowest BCUT2D eigenvalue weighted by molar-refractivity contribution is -0.132. The average Bonchev–Trinajstić information content (AvgIpc) is 3.83. The molecule has 4 fully saturated rings. The largest absolute Gasteiger partial charge is 0.496 e. The van der Waals surface area contributed by atoms with Crippen molar-refractivity contribution in [1.29, 1.82) is 0 Å². The molecular formula is C36H50FN5O8. The molecule has 2 aromatic rings. The summed E-state index contributed by atoms with van der Waals surface area (Å²) in [5.41, 5.74) is 0.675. The molecule has 0 bridgehead atoms. The van der Waals surface area contributed by atoms with Crippen molar-refractivity contribution >= 4 is 17.9 Å². The third-order valence-electron chi connectivity index (χ3n) is 10.2. The Morgan fingerprint density at radius 3 is 2.32 bits per heavy atom. The minimum Gasteiger partial charge on any atom is -0.496 e. The van der Waals surface area contributed by atoms with Gasteiger partial charge in [0.2, 0.25) is 5.91 Å². The van der Waals surface area contributed by atoms with Crippen LogP contribution in [0.3, 0.4) is 0 Å². The van der Waals surface area contributed by atoms with Crippen molar-refractivity contribution in [3.63, 3.8) is 0 Å². The molecular weight excluding hydrogens is 649 g/mol. The fraction of sp³-hybridized carbons (Fsp3) is 0.667. The molecule has 1 aromatic heterocycles. The number of aromatic nitrogens is 2. The van der Waals surface area contributed by atoms with Gasteiger partial charge >= 0.3 is 6.09 Å². The van der Waals surface area contributed by atoms with Gasteiger partial charge in [0.1, 0.15) is 17.4 Å². The fourth-order valence-corrected chi connectivity index (χ4v) is 7.11. The summed E-state index contributed by atoms with van der Waals surface area (Å²) >= 11 is 0. The van der Waals surface area contributed by atoms with E-state index in [1.54, 1.807) is 15.6 Å². The number of likely N-dealkylation sites (tertiary alicyclic amines) is 1. The minimum absolute atomic E-state index is 0.0487. The zero-order chi connectivity index (χ0) is 35.8. The Hall–Kier alpha value is -3.91. The number of benzene rings is 1. The molecule has 0 radical (unpaired) electrons. The normalized spacial score (nSPS) is 21.3. The maximum Gasteiger partial charge on any atom is 0.410 e. The lowest BCUT2D eigenvalue weighted by atomic mass is 9.73. The Labute approximate surface area is 292 Å². The smallest absolute Gasteiger partial charge is 0.410 e. The highest BCUT2D eigenvalue weighted by atomic mass is 19.1. The molecule has 2 unspecified atom stereocenters. The van der Waals surface area contributed by atoms with Gasteiger partial charge in [-0.25, -0.2) is 9.18 Å². The molecule has 3 aliphatic heterocycles. The van der Waals surface area contributed by atoms with Crippen molar-refractivity contribution in [2.45, 2.75) is 89.0 Å². The lowest BCUT2D eigenvalue weighted by Gasteiger charge is -2.46. The number of hydrogen-bond acceptors (Lipinski definition) is 9. The van der Waals surface area contributed by atoms with Crippen LogP contribution in [0.4, 0.5) is 9.18 Å². The summed E-state index contributed by atoms with van der Waals surface area (Å²) in [5.74, 6) is -1.16. The first-order valence-corrected chi connectivity index (χ1v) is 17.5. The zero-order valence-corrected chi connectivity index (χ0v) is 30.0. The van der Waals surface area contributed by atoms with Crippen molar-refractivity contribution in [2.24, 2.45) is 12.5 Å². The highest BCUT2D eigenvalue weighted by molar-refractivity contribution is 5.97. The van der Waals surface area contributed by atoms with Crippen LogP contribution < -0.4 is 14.8 Å². The number of piperidine rings is 1. The quantitative estimate of drug-likeness (QED) is 0.384. The number of aryl methyl sites for hydroxylation is 1. The van der Waals surface area contributed by atoms with Gasteiger partial charge < -0.3 is 38.8 Å². The number of halogens is 1. The molecule has 1 spiro atoms. The fourth-order valence-electron chi connectivity index (χ4n) is 7.11. The predicted molar refractivity (Wildman–Crippen MR) is 180 cm³/mol. The third-order valence-corrected chi connectivity index (χ3v) is 10.2. The molecule has 1 aliphatic carbocycles. The van der Waals surface area contributed by atoms with Gasteiger partial charge in [-0.05, 0) is 76.8 Å². The van der Waals surface area contributed by atoms with Gasteiger partial charge in [0.05, 0.1) is 46.2 Å². The van der Waals surface area contributed by atoms with Gasteiger partial charge in [-0.15, -0.1) is 0 Å². The number of amides is 3. The van der Waals surface area contributed by atoms with Gasteiger partial charge in [0.15, 0.2) is 17.3 Å². The van der Waals surface area contributed by atoms with Gasteiger partial charge in [0.25, 0.3) is 5.91 Å². The average molecular weight is 700 g/mol. The molecule has 3 amide bonds. The van der Waals surface area contributed by atoms with E-state index in [9.17, 15) is 14.4 Å². The van der Waals surface area contributed by atoms with Crippen molar-refractivity contribution < 1.29 is 42.5 Å². The second kappa shape index (κ2) is 14.4. The number of carbonyl (C=O) groups is 3. The number of nitrogens with zero attached hydrogens (tertiary/aromatic N) is 4. The van der Waals surface area contributed by atoms with E-state index in [1.165, 1.54) is 31.3 Å². The van der Waals surface area contributed by atoms with Crippen LogP contribution in [0.15, 0.2) is 18.2 Å². The topological polar surface area (TPSA) is 134 Å². The summed E-state index contributed by atoms with van der Waals surface area (Å²) < 4.78 is 45.3. The summed E-state index contributed by atoms with van der Waals surface area (Å²) in [4.78, 5) is 44.7. The Morgan fingerprint density at radius 2 is 1.76 bits per heavy atom. The number of nitrogens with one attached hydrogen (secondary N) is 1. The molecule has 6 rings (SSSR count). The monoisotopic (exact) mass is 699 g/mol. The maximum atomic E-state index is 15.4. The second-order valence-electron chi connectivity index (χ2n) is 15.1. The van der Waals surface area contributed by atoms with E-state index < -0.39 is 35.4 Å². The molecule has 3 saturated heterocycles. The summed E-state index contributed by atoms with van der Waals surface area (Å²) in [7, 11) is 4.59. The summed E-state index contributed by atoms with van der Waals surface area (Å²) in [6, 6.07) is 2.85. The molecule has 274 valence electrons. The number of ether oxygens (including phenoxy) is 5. The molecule has 50 heavy (non-hydrogen) atoms. The van der Waals surface area contributed by atoms with Gasteiger partial charge in [-0.2, -0.15) is 5.10 Å². The molecule has 13 nitrogen and oxygen atoms in total. The molecule has 4 aliphatic rings. The predicted octanol–water partition coefficient (Wildman–Crippen LogP) is 4.35. The van der Waals surface area contributed by atoms with Crippen LogP contribution in [0, 0.1) is 11.2 Å². The van der Waals surface area contributed by atoms with Crippen molar-refractivity contribution in [2.75, 3.05) is 53.7 Å². The van der Waals surface area contributed by atoms with Crippen LogP contribution in [-0.2, 0) is 26.1 Å². The number of hydrogen-bond donors (Lipinski definition) is 1. The Bertz CT molecular complexity index is 1560. The van der Waals surface area contributed by atoms with Crippen molar-refractivity contribution in [3.05, 3.63) is 41.0 Å². The molecule has 4 heterocycles. The van der Waals surface area contributed by atoms with Gasteiger partial charge in [0, 0.05) is 49.9 Å². The van der Waals surface area contributed by atoms with Crippen molar-refractivity contribution in [1.82, 2.24) is 24.9 Å². The maximum absolute atomic E-state index is 15.4. The first-order chi connectivity index (χ1) is 23.8. The first-order valence-electron chi connectivity index (χ1n) is 17.5. The molecule has 1 N–H and O–H groups in total. The van der Waals surface area contributed by atoms with E-state index in [1.807, 2.05) is 27.8 Å². The zero-order valence-electron chi connectivity index (χ0n) is 30.0. The molecule has 1 saturated carbocycles. The van der Waals surface area contributed by atoms with Crippen LogP contribution in [-0.4, -0.2) is 109 Å².